The molecule has 2 aromatic rings. The first-order valence-corrected chi connectivity index (χ1v) is 6.81. The zero-order valence-corrected chi connectivity index (χ0v) is 12.5. The van der Waals surface area contributed by atoms with Gasteiger partial charge in [-0.3, -0.25) is 0 Å². The fourth-order valence-corrected chi connectivity index (χ4v) is 1.23. The van der Waals surface area contributed by atoms with Crippen LogP contribution in [-0.4, -0.2) is 45.6 Å². The summed E-state index contributed by atoms with van der Waals surface area (Å²) in [7, 11) is 0. The van der Waals surface area contributed by atoms with E-state index in [1.165, 1.54) is 0 Å². The minimum absolute atomic E-state index is 0.0938. The second-order valence-corrected chi connectivity index (χ2v) is 4.14. The minimum Gasteiger partial charge on any atom is -0.478 e. The van der Waals surface area contributed by atoms with Crippen LogP contribution in [0.15, 0.2) is 60.7 Å². The number of hydrogen-bond acceptors (Lipinski definition) is 4. The molecule has 0 heterocycles. The molecule has 6 heteroatoms. The lowest BCUT2D eigenvalue weighted by Gasteiger charge is -1.88. The molecule has 0 bridgehead atoms. The molecule has 0 spiro atoms. The molecule has 0 fully saturated rings. The Hall–Kier alpha value is -2.70. The third-order valence-electron chi connectivity index (χ3n) is 2.36. The molecule has 0 aliphatic carbocycles. The number of aliphatic hydroxyl groups excluding tert-OH is 2. The van der Waals surface area contributed by atoms with Crippen molar-refractivity contribution in [1.29, 1.82) is 0 Å². The number of carboxylic acids is 2. The average Bonchev–Trinajstić information content (AvgIpc) is 2.58. The van der Waals surface area contributed by atoms with Crippen molar-refractivity contribution in [1.82, 2.24) is 0 Å². The molecule has 0 aliphatic heterocycles. The Morgan fingerprint density at radius 1 is 0.652 bits per heavy atom. The number of hydrogen-bond donors (Lipinski definition) is 4. The zero-order valence-electron chi connectivity index (χ0n) is 12.5. The van der Waals surface area contributed by atoms with Crippen molar-refractivity contribution in [3.8, 4) is 0 Å². The van der Waals surface area contributed by atoms with Crippen LogP contribution in [0.25, 0.3) is 0 Å². The van der Waals surface area contributed by atoms with Crippen molar-refractivity contribution >= 4 is 11.9 Å². The van der Waals surface area contributed by atoms with Crippen LogP contribution in [0.2, 0.25) is 0 Å². The summed E-state index contributed by atoms with van der Waals surface area (Å²) < 4.78 is 0. The zero-order chi connectivity index (χ0) is 17.5. The lowest BCUT2D eigenvalue weighted by atomic mass is 10.2. The van der Waals surface area contributed by atoms with E-state index in [9.17, 15) is 9.59 Å². The lowest BCUT2D eigenvalue weighted by molar-refractivity contribution is 0.0686. The van der Waals surface area contributed by atoms with Gasteiger partial charge in [0.25, 0.3) is 0 Å². The minimum atomic E-state index is -0.879. The van der Waals surface area contributed by atoms with Crippen molar-refractivity contribution in [2.75, 3.05) is 13.2 Å². The van der Waals surface area contributed by atoms with Crippen molar-refractivity contribution in [3.05, 3.63) is 71.8 Å². The maximum Gasteiger partial charge on any atom is 0.335 e. The molecule has 124 valence electrons. The summed E-state index contributed by atoms with van der Waals surface area (Å²) in [4.78, 5) is 20.4. The van der Waals surface area contributed by atoms with Gasteiger partial charge in [0, 0.05) is 13.2 Å². The highest BCUT2D eigenvalue weighted by molar-refractivity contribution is 5.87. The smallest absolute Gasteiger partial charge is 0.335 e. The van der Waals surface area contributed by atoms with Gasteiger partial charge in [-0.25, -0.2) is 9.59 Å². The first-order chi connectivity index (χ1) is 11.0. The third-order valence-corrected chi connectivity index (χ3v) is 2.36. The number of rotatable bonds is 4. The summed E-state index contributed by atoms with van der Waals surface area (Å²) in [5, 5.41) is 32.6. The summed E-state index contributed by atoms with van der Waals surface area (Å²) in [5.74, 6) is -1.76. The molecule has 0 amide bonds. The third kappa shape index (κ3) is 10.6. The van der Waals surface area contributed by atoms with Crippen molar-refractivity contribution < 1.29 is 30.0 Å². The summed E-state index contributed by atoms with van der Waals surface area (Å²) in [6.07, 6.45) is 0.500. The van der Waals surface area contributed by atoms with Crippen LogP contribution < -0.4 is 0 Å². The molecular formula is C17H20O6. The molecule has 2 rings (SSSR count). The van der Waals surface area contributed by atoms with E-state index < -0.39 is 11.9 Å². The van der Waals surface area contributed by atoms with Gasteiger partial charge in [0.15, 0.2) is 0 Å². The van der Waals surface area contributed by atoms with Crippen LogP contribution in [0.5, 0.6) is 0 Å². The van der Waals surface area contributed by atoms with Crippen molar-refractivity contribution in [3.63, 3.8) is 0 Å². The molecule has 0 saturated carbocycles. The molecular weight excluding hydrogens is 300 g/mol. The highest BCUT2D eigenvalue weighted by Crippen LogP contribution is 1.96. The fraction of sp³-hybridized carbons (Fsp3) is 0.176. The normalized spacial score (nSPS) is 8.78. The maximum atomic E-state index is 10.2. The molecule has 0 radical (unpaired) electrons. The Labute approximate surface area is 134 Å². The quantitative estimate of drug-likeness (QED) is 0.686. The number of aromatic carboxylic acids is 2. The second kappa shape index (κ2) is 13.0. The number of carbonyl (C=O) groups is 2. The van der Waals surface area contributed by atoms with E-state index in [1.54, 1.807) is 60.7 Å². The van der Waals surface area contributed by atoms with Gasteiger partial charge in [0.05, 0.1) is 11.1 Å². The molecule has 0 atom stereocenters. The Kier molecular flexibility index (Phi) is 11.5. The molecule has 6 nitrogen and oxygen atoms in total. The Balaban J connectivity index is 0.000000332. The number of aliphatic hydroxyl groups is 2. The van der Waals surface area contributed by atoms with Crippen LogP contribution in [-0.2, 0) is 0 Å². The number of carboxylic acid groups (broad SMARTS) is 2. The monoisotopic (exact) mass is 320 g/mol. The van der Waals surface area contributed by atoms with Crippen molar-refractivity contribution in [2.24, 2.45) is 0 Å². The molecule has 0 aromatic heterocycles. The second-order valence-electron chi connectivity index (χ2n) is 4.14. The Bertz CT molecular complexity index is 502. The van der Waals surface area contributed by atoms with Gasteiger partial charge in [-0.1, -0.05) is 36.4 Å². The van der Waals surface area contributed by atoms with Crippen LogP contribution in [0, 0.1) is 0 Å². The fourth-order valence-electron chi connectivity index (χ4n) is 1.23. The van der Waals surface area contributed by atoms with E-state index in [-0.39, 0.29) is 13.2 Å². The molecule has 0 unspecified atom stereocenters. The molecule has 4 N–H and O–H groups in total. The van der Waals surface area contributed by atoms with Crippen LogP contribution in [0.4, 0.5) is 0 Å². The SMILES string of the molecule is O=C(O)c1ccccc1.O=C(O)c1ccccc1.OCCCO. The average molecular weight is 320 g/mol. The standard InChI is InChI=1S/2C7H6O2.C3H8O2/c2*8-7(9)6-4-2-1-3-5-6;4-2-1-3-5/h2*1-5H,(H,8,9);4-5H,1-3H2. The van der Waals surface area contributed by atoms with E-state index >= 15 is 0 Å². The Morgan fingerprint density at radius 3 is 1.09 bits per heavy atom. The molecule has 23 heavy (non-hydrogen) atoms. The molecule has 0 aliphatic rings. The van der Waals surface area contributed by atoms with Gasteiger partial charge in [-0.2, -0.15) is 0 Å². The van der Waals surface area contributed by atoms with Gasteiger partial charge in [0.1, 0.15) is 0 Å². The van der Waals surface area contributed by atoms with E-state index in [4.69, 9.17) is 20.4 Å². The van der Waals surface area contributed by atoms with E-state index in [0.29, 0.717) is 17.5 Å². The Morgan fingerprint density at radius 2 is 0.957 bits per heavy atom. The maximum absolute atomic E-state index is 10.2. The highest BCUT2D eigenvalue weighted by atomic mass is 16.4. The predicted molar refractivity (Wildman–Crippen MR) is 85.6 cm³/mol. The summed E-state index contributed by atoms with van der Waals surface area (Å²) >= 11 is 0. The van der Waals surface area contributed by atoms with Crippen LogP contribution >= 0.6 is 0 Å². The van der Waals surface area contributed by atoms with E-state index in [2.05, 4.69) is 0 Å². The first-order valence-electron chi connectivity index (χ1n) is 6.81. The largest absolute Gasteiger partial charge is 0.478 e. The van der Waals surface area contributed by atoms with Crippen LogP contribution in [0.1, 0.15) is 27.1 Å². The van der Waals surface area contributed by atoms with Gasteiger partial charge < -0.3 is 20.4 Å². The summed E-state index contributed by atoms with van der Waals surface area (Å²) in [6.45, 7) is 0.188. The topological polar surface area (TPSA) is 115 Å². The molecule has 2 aromatic carbocycles. The lowest BCUT2D eigenvalue weighted by Crippen LogP contribution is -1.93. The number of benzene rings is 2. The first kappa shape index (κ1) is 20.3. The van der Waals surface area contributed by atoms with E-state index in [1.807, 2.05) is 0 Å². The van der Waals surface area contributed by atoms with Crippen LogP contribution in [0.3, 0.4) is 0 Å². The van der Waals surface area contributed by atoms with Gasteiger partial charge in [-0.15, -0.1) is 0 Å². The summed E-state index contributed by atoms with van der Waals surface area (Å²) in [6, 6.07) is 16.6. The van der Waals surface area contributed by atoms with Gasteiger partial charge >= 0.3 is 11.9 Å². The highest BCUT2D eigenvalue weighted by Gasteiger charge is 1.97. The van der Waals surface area contributed by atoms with Crippen molar-refractivity contribution in [2.45, 2.75) is 6.42 Å². The van der Waals surface area contributed by atoms with Gasteiger partial charge in [-0.05, 0) is 30.7 Å². The van der Waals surface area contributed by atoms with E-state index in [0.717, 1.165) is 0 Å². The summed E-state index contributed by atoms with van der Waals surface area (Å²) in [5.41, 5.74) is 0.662. The molecule has 0 saturated heterocycles. The van der Waals surface area contributed by atoms with Gasteiger partial charge in [0.2, 0.25) is 0 Å². The predicted octanol–water partition coefficient (Wildman–Crippen LogP) is 2.13.